The van der Waals surface area contributed by atoms with Crippen LogP contribution in [0, 0.1) is 5.92 Å². The van der Waals surface area contributed by atoms with Gasteiger partial charge in [-0.25, -0.2) is 15.0 Å². The summed E-state index contributed by atoms with van der Waals surface area (Å²) in [7, 11) is 1.82. The van der Waals surface area contributed by atoms with Crippen LogP contribution in [0.4, 0.5) is 19.0 Å². The number of pyridine rings is 1. The van der Waals surface area contributed by atoms with Crippen molar-refractivity contribution in [2.24, 2.45) is 13.0 Å². The SMILES string of the molecule is Cn1ccnc1C(O)C1CCN(c2cc(C(F)(F)F)nc(-c3cccnc3)n2)CC1. The van der Waals surface area contributed by atoms with Crippen molar-refractivity contribution in [2.75, 3.05) is 18.0 Å². The Bertz CT molecular complexity index is 999. The molecule has 0 amide bonds. The van der Waals surface area contributed by atoms with E-state index in [0.717, 1.165) is 6.07 Å². The van der Waals surface area contributed by atoms with Gasteiger partial charge in [-0.15, -0.1) is 0 Å². The summed E-state index contributed by atoms with van der Waals surface area (Å²) in [6.45, 7) is 0.958. The molecule has 7 nitrogen and oxygen atoms in total. The Hall–Kier alpha value is -3.01. The lowest BCUT2D eigenvalue weighted by Crippen LogP contribution is -2.37. The second-order valence-corrected chi connectivity index (χ2v) is 7.34. The molecular weight excluding hydrogens is 397 g/mol. The lowest BCUT2D eigenvalue weighted by Gasteiger charge is -2.35. The summed E-state index contributed by atoms with van der Waals surface area (Å²) in [5, 5.41) is 10.6. The first-order valence-electron chi connectivity index (χ1n) is 9.60. The molecule has 10 heteroatoms. The summed E-state index contributed by atoms with van der Waals surface area (Å²) in [5.41, 5.74) is -0.563. The summed E-state index contributed by atoms with van der Waals surface area (Å²) < 4.78 is 42.1. The normalized spacial score (nSPS) is 16.6. The zero-order valence-electron chi connectivity index (χ0n) is 16.3. The molecule has 4 heterocycles. The van der Waals surface area contributed by atoms with Crippen LogP contribution < -0.4 is 4.90 Å². The Morgan fingerprint density at radius 2 is 1.93 bits per heavy atom. The van der Waals surface area contributed by atoms with Crippen LogP contribution in [0.2, 0.25) is 0 Å². The minimum absolute atomic E-state index is 0.0110. The average Bonchev–Trinajstić information content (AvgIpc) is 3.19. The van der Waals surface area contributed by atoms with Crippen LogP contribution in [0.15, 0.2) is 43.0 Å². The molecule has 1 N–H and O–H groups in total. The molecule has 0 spiro atoms. The highest BCUT2D eigenvalue weighted by Crippen LogP contribution is 2.34. The number of hydrogen-bond acceptors (Lipinski definition) is 6. The van der Waals surface area contributed by atoms with E-state index in [2.05, 4.69) is 19.9 Å². The molecule has 4 rings (SSSR count). The number of rotatable bonds is 4. The predicted molar refractivity (Wildman–Crippen MR) is 103 cm³/mol. The van der Waals surface area contributed by atoms with Gasteiger partial charge in [-0.2, -0.15) is 13.2 Å². The highest BCUT2D eigenvalue weighted by atomic mass is 19.4. The van der Waals surface area contributed by atoms with E-state index in [1.54, 1.807) is 34.0 Å². The number of aromatic nitrogens is 5. The maximum Gasteiger partial charge on any atom is 0.433 e. The third kappa shape index (κ3) is 4.13. The van der Waals surface area contributed by atoms with E-state index in [0.29, 0.717) is 37.3 Å². The van der Waals surface area contributed by atoms with Crippen LogP contribution >= 0.6 is 0 Å². The summed E-state index contributed by atoms with van der Waals surface area (Å²) in [6, 6.07) is 4.24. The molecule has 0 aromatic carbocycles. The molecule has 30 heavy (non-hydrogen) atoms. The fourth-order valence-corrected chi connectivity index (χ4v) is 3.68. The highest BCUT2D eigenvalue weighted by Gasteiger charge is 2.35. The van der Waals surface area contributed by atoms with Crippen molar-refractivity contribution >= 4 is 5.82 Å². The number of aliphatic hydroxyl groups is 1. The quantitative estimate of drug-likeness (QED) is 0.701. The Kier molecular flexibility index (Phi) is 5.42. The third-order valence-corrected chi connectivity index (χ3v) is 5.36. The smallest absolute Gasteiger partial charge is 0.385 e. The lowest BCUT2D eigenvalue weighted by atomic mass is 9.90. The minimum Gasteiger partial charge on any atom is -0.385 e. The molecule has 3 aromatic rings. The van der Waals surface area contributed by atoms with Gasteiger partial charge in [0, 0.05) is 56.6 Å². The zero-order chi connectivity index (χ0) is 21.3. The standard InChI is InChI=1S/C20H21F3N6O/c1-28-10-7-25-19(28)17(30)13-4-8-29(9-5-13)16-11-15(20(21,22)23)26-18(27-16)14-3-2-6-24-12-14/h2-3,6-7,10-13,17,30H,4-5,8-9H2,1H3. The number of hydrogen-bond donors (Lipinski definition) is 1. The molecule has 1 aliphatic heterocycles. The number of imidazole rings is 1. The zero-order valence-corrected chi connectivity index (χ0v) is 16.3. The maximum atomic E-state index is 13.4. The first kappa shape index (κ1) is 20.3. The van der Waals surface area contributed by atoms with Crippen molar-refractivity contribution in [1.29, 1.82) is 0 Å². The van der Waals surface area contributed by atoms with Crippen LogP contribution in [-0.4, -0.2) is 42.7 Å². The van der Waals surface area contributed by atoms with Gasteiger partial charge in [-0.05, 0) is 30.9 Å². The van der Waals surface area contributed by atoms with E-state index in [9.17, 15) is 18.3 Å². The van der Waals surface area contributed by atoms with Gasteiger partial charge in [0.05, 0.1) is 0 Å². The van der Waals surface area contributed by atoms with Gasteiger partial charge in [0.15, 0.2) is 11.5 Å². The van der Waals surface area contributed by atoms with Crippen molar-refractivity contribution in [2.45, 2.75) is 25.1 Å². The monoisotopic (exact) mass is 418 g/mol. The largest absolute Gasteiger partial charge is 0.433 e. The molecular formula is C20H21F3N6O. The number of aryl methyl sites for hydroxylation is 1. The molecule has 3 aromatic heterocycles. The van der Waals surface area contributed by atoms with Gasteiger partial charge in [-0.3, -0.25) is 4.98 Å². The van der Waals surface area contributed by atoms with E-state index >= 15 is 0 Å². The van der Waals surface area contributed by atoms with Gasteiger partial charge >= 0.3 is 6.18 Å². The molecule has 0 radical (unpaired) electrons. The summed E-state index contributed by atoms with van der Waals surface area (Å²) in [5.74, 6) is 0.780. The minimum atomic E-state index is -4.58. The number of aliphatic hydroxyl groups excluding tert-OH is 1. The van der Waals surface area contributed by atoms with Crippen LogP contribution in [0.3, 0.4) is 0 Å². The third-order valence-electron chi connectivity index (χ3n) is 5.36. The summed E-state index contributed by atoms with van der Waals surface area (Å²) in [4.78, 5) is 18.0. The first-order chi connectivity index (χ1) is 14.3. The fourth-order valence-electron chi connectivity index (χ4n) is 3.68. The molecule has 158 valence electrons. The van der Waals surface area contributed by atoms with Gasteiger partial charge in [-0.1, -0.05) is 0 Å². The van der Waals surface area contributed by atoms with Crippen LogP contribution in [0.1, 0.15) is 30.5 Å². The van der Waals surface area contributed by atoms with Gasteiger partial charge in [0.2, 0.25) is 0 Å². The van der Waals surface area contributed by atoms with Crippen LogP contribution in [0.25, 0.3) is 11.4 Å². The van der Waals surface area contributed by atoms with Crippen molar-refractivity contribution in [3.05, 3.63) is 54.5 Å². The second-order valence-electron chi connectivity index (χ2n) is 7.34. The molecule has 1 fully saturated rings. The van der Waals surface area contributed by atoms with Gasteiger partial charge in [0.25, 0.3) is 0 Å². The van der Waals surface area contributed by atoms with E-state index in [-0.39, 0.29) is 17.6 Å². The predicted octanol–water partition coefficient (Wildman–Crippen LogP) is 3.24. The Morgan fingerprint density at radius 3 is 2.53 bits per heavy atom. The maximum absolute atomic E-state index is 13.4. The number of nitrogens with zero attached hydrogens (tertiary/aromatic N) is 6. The Balaban J connectivity index is 1.56. The average molecular weight is 418 g/mol. The molecule has 1 atom stereocenters. The van der Waals surface area contributed by atoms with Gasteiger partial charge in [0.1, 0.15) is 17.7 Å². The molecule has 1 aliphatic rings. The molecule has 0 bridgehead atoms. The fraction of sp³-hybridized carbons (Fsp3) is 0.400. The molecule has 1 saturated heterocycles. The first-order valence-corrected chi connectivity index (χ1v) is 9.60. The summed E-state index contributed by atoms with van der Waals surface area (Å²) >= 11 is 0. The number of alkyl halides is 3. The van der Waals surface area contributed by atoms with Crippen LogP contribution in [0.5, 0.6) is 0 Å². The lowest BCUT2D eigenvalue weighted by molar-refractivity contribution is -0.141. The Morgan fingerprint density at radius 1 is 1.17 bits per heavy atom. The summed E-state index contributed by atoms with van der Waals surface area (Å²) in [6.07, 6.45) is 2.31. The van der Waals surface area contributed by atoms with Gasteiger partial charge < -0.3 is 14.6 Å². The molecule has 1 unspecified atom stereocenters. The van der Waals surface area contributed by atoms with E-state index in [1.165, 1.54) is 12.4 Å². The Labute approximate surface area is 171 Å². The van der Waals surface area contributed by atoms with Crippen molar-refractivity contribution in [1.82, 2.24) is 24.5 Å². The van der Waals surface area contributed by atoms with E-state index in [4.69, 9.17) is 0 Å². The van der Waals surface area contributed by atoms with Crippen LogP contribution in [-0.2, 0) is 13.2 Å². The highest BCUT2D eigenvalue weighted by molar-refractivity contribution is 5.57. The molecule has 0 saturated carbocycles. The number of anilines is 1. The number of piperidine rings is 1. The van der Waals surface area contributed by atoms with E-state index in [1.807, 2.05) is 7.05 Å². The van der Waals surface area contributed by atoms with Crippen molar-refractivity contribution < 1.29 is 18.3 Å². The topological polar surface area (TPSA) is 80.0 Å². The molecule has 0 aliphatic carbocycles. The van der Waals surface area contributed by atoms with Crippen molar-refractivity contribution in [3.63, 3.8) is 0 Å². The number of halogens is 3. The van der Waals surface area contributed by atoms with Crippen molar-refractivity contribution in [3.8, 4) is 11.4 Å². The second kappa shape index (κ2) is 8.02. The van der Waals surface area contributed by atoms with E-state index < -0.39 is 18.0 Å².